The maximum absolute atomic E-state index is 14.9. The van der Waals surface area contributed by atoms with E-state index in [-0.39, 0.29) is 36.2 Å². The van der Waals surface area contributed by atoms with Crippen molar-refractivity contribution >= 4 is 64.2 Å². The Labute approximate surface area is 208 Å². The first-order valence-electron chi connectivity index (χ1n) is 11.1. The number of benzene rings is 2. The second-order valence-electron chi connectivity index (χ2n) is 9.38. The molecule has 2 heterocycles. The van der Waals surface area contributed by atoms with Crippen LogP contribution in [0.3, 0.4) is 0 Å². The van der Waals surface area contributed by atoms with E-state index < -0.39 is 34.7 Å². The van der Waals surface area contributed by atoms with Crippen molar-refractivity contribution in [3.05, 3.63) is 63.7 Å². The second-order valence-corrected chi connectivity index (χ2v) is 9.82. The lowest BCUT2D eigenvalue weighted by Crippen LogP contribution is -2.53. The molecule has 0 spiro atoms. The Bertz CT molecular complexity index is 1260. The van der Waals surface area contributed by atoms with Crippen LogP contribution in [0.2, 0.25) is 5.02 Å². The van der Waals surface area contributed by atoms with Crippen LogP contribution in [-0.2, 0) is 32.2 Å². The highest BCUT2D eigenvalue weighted by molar-refractivity contribution is 6.44. The Morgan fingerprint density at radius 3 is 2.43 bits per heavy atom. The maximum Gasteiger partial charge on any atom is 0.349 e. The third kappa shape index (κ3) is 4.59. The lowest BCUT2D eigenvalue weighted by Gasteiger charge is -2.31. The molecule has 0 radical (unpaired) electrons. The fourth-order valence-corrected chi connectivity index (χ4v) is 4.74. The number of alkyl halides is 2. The van der Waals surface area contributed by atoms with Crippen molar-refractivity contribution in [2.45, 2.75) is 36.7 Å². The van der Waals surface area contributed by atoms with Gasteiger partial charge in [-0.2, -0.15) is 8.78 Å². The van der Waals surface area contributed by atoms with Gasteiger partial charge in [-0.15, -0.1) is 0 Å². The number of rotatable bonds is 5. The Morgan fingerprint density at radius 1 is 1.14 bits per heavy atom. The van der Waals surface area contributed by atoms with Gasteiger partial charge in [-0.3, -0.25) is 24.5 Å². The summed E-state index contributed by atoms with van der Waals surface area (Å²) in [5.41, 5.74) is 1.74. The number of hydrogen-bond donors (Lipinski definition) is 2. The molecule has 1 fully saturated rings. The number of hydrogen-bond acceptors (Lipinski definition) is 4. The highest BCUT2D eigenvalue weighted by Gasteiger charge is 2.44. The average Bonchev–Trinajstić information content (AvgIpc) is 3.08. The van der Waals surface area contributed by atoms with Gasteiger partial charge in [-0.05, 0) is 29.7 Å². The summed E-state index contributed by atoms with van der Waals surface area (Å²) in [5.74, 6) is -6.48. The topological polar surface area (TPSA) is 95.6 Å². The Kier molecular flexibility index (Phi) is 6.29. The molecule has 1 saturated heterocycles. The maximum atomic E-state index is 14.9. The smallest absolute Gasteiger partial charge is 0.349 e. The fourth-order valence-electron chi connectivity index (χ4n) is 4.62. The summed E-state index contributed by atoms with van der Waals surface area (Å²) in [6, 6.07) is 7.37. The number of carbonyl (C=O) groups excluding carboxylic acids is 4. The summed E-state index contributed by atoms with van der Waals surface area (Å²) in [6.45, 7) is 0.138. The van der Waals surface area contributed by atoms with Crippen LogP contribution in [0, 0.1) is 0 Å². The van der Waals surface area contributed by atoms with E-state index >= 15 is 0 Å². The number of piperidine rings is 1. The zero-order chi connectivity index (χ0) is 25.7. The Balaban J connectivity index is 1.58. The van der Waals surface area contributed by atoms with Crippen molar-refractivity contribution in [2.24, 2.45) is 0 Å². The van der Waals surface area contributed by atoms with E-state index in [1.165, 1.54) is 17.0 Å². The molecule has 35 heavy (non-hydrogen) atoms. The lowest BCUT2D eigenvalue weighted by molar-refractivity contribution is -0.147. The normalized spacial score (nSPS) is 18.3. The molecule has 178 valence electrons. The largest absolute Gasteiger partial charge is 0.357 e. The highest BCUT2D eigenvalue weighted by Crippen LogP contribution is 2.32. The molecule has 0 aliphatic carbocycles. The molecule has 7 nitrogen and oxygen atoms in total. The van der Waals surface area contributed by atoms with Gasteiger partial charge in [0.05, 0.1) is 0 Å². The molecule has 0 aromatic heterocycles. The van der Waals surface area contributed by atoms with E-state index in [0.29, 0.717) is 22.2 Å². The van der Waals surface area contributed by atoms with Crippen LogP contribution in [0.1, 0.15) is 39.9 Å². The SMILES string of the molecule is Bc1cc2c(cc1C(B)(B)NC(=O)C(F)(F)c1ccc(Cl)cc1)CN(C1CCC(=O)NC1=O)C2=O. The molecule has 1 atom stereocenters. The molecule has 2 aliphatic rings. The van der Waals surface area contributed by atoms with Crippen molar-refractivity contribution in [1.29, 1.82) is 0 Å². The number of fused-ring (bicyclic) bond motifs is 1. The minimum Gasteiger partial charge on any atom is -0.357 e. The van der Waals surface area contributed by atoms with Crippen LogP contribution >= 0.6 is 11.6 Å². The number of nitrogens with zero attached hydrogens (tertiary/aromatic N) is 1. The van der Waals surface area contributed by atoms with Crippen molar-refractivity contribution in [2.75, 3.05) is 0 Å². The van der Waals surface area contributed by atoms with Crippen LogP contribution in [0.5, 0.6) is 0 Å². The van der Waals surface area contributed by atoms with E-state index in [1.54, 1.807) is 35.7 Å². The van der Waals surface area contributed by atoms with Crippen molar-refractivity contribution < 1.29 is 28.0 Å². The number of nitrogens with one attached hydrogen (secondary N) is 2. The number of halogens is 3. The van der Waals surface area contributed by atoms with Crippen molar-refractivity contribution in [3.63, 3.8) is 0 Å². The number of carbonyl (C=O) groups is 4. The first-order chi connectivity index (χ1) is 16.3. The van der Waals surface area contributed by atoms with E-state index in [2.05, 4.69) is 10.6 Å². The first kappa shape index (κ1) is 25.0. The molecule has 2 aromatic carbocycles. The van der Waals surface area contributed by atoms with Crippen molar-refractivity contribution in [3.8, 4) is 0 Å². The van der Waals surface area contributed by atoms with Crippen LogP contribution in [-0.4, -0.2) is 58.1 Å². The molecule has 2 N–H and O–H groups in total. The molecule has 0 saturated carbocycles. The molecule has 13 heteroatoms. The predicted molar refractivity (Wildman–Crippen MR) is 133 cm³/mol. The Hall–Kier alpha value is -3.14. The monoisotopic (exact) mass is 497 g/mol. The summed E-state index contributed by atoms with van der Waals surface area (Å²) in [7, 11) is 4.93. The third-order valence-corrected chi connectivity index (χ3v) is 6.71. The van der Waals surface area contributed by atoms with Gasteiger partial charge >= 0.3 is 5.92 Å². The van der Waals surface area contributed by atoms with Crippen LogP contribution < -0.4 is 16.1 Å². The molecule has 4 amide bonds. The van der Waals surface area contributed by atoms with Gasteiger partial charge in [0.2, 0.25) is 11.8 Å². The van der Waals surface area contributed by atoms with E-state index in [4.69, 9.17) is 11.6 Å². The van der Waals surface area contributed by atoms with Gasteiger partial charge in [0.15, 0.2) is 0 Å². The number of imide groups is 1. The third-order valence-electron chi connectivity index (χ3n) is 6.46. The molecule has 1 unspecified atom stereocenters. The van der Waals surface area contributed by atoms with Gasteiger partial charge in [-0.25, -0.2) is 0 Å². The molecule has 0 bridgehead atoms. The summed E-state index contributed by atoms with van der Waals surface area (Å²) in [6.07, 6.45) is 0.374. The van der Waals surface area contributed by atoms with Gasteiger partial charge in [0.1, 0.15) is 29.6 Å². The minimum absolute atomic E-state index is 0.138. The summed E-state index contributed by atoms with van der Waals surface area (Å²) < 4.78 is 29.7. The molecule has 4 rings (SSSR count). The van der Waals surface area contributed by atoms with Crippen LogP contribution in [0.15, 0.2) is 36.4 Å². The highest BCUT2D eigenvalue weighted by atomic mass is 35.5. The zero-order valence-corrected chi connectivity index (χ0v) is 20.1. The molecular formula is C22H21B3ClF2N3O4. The number of amides is 4. The van der Waals surface area contributed by atoms with E-state index in [1.807, 2.05) is 0 Å². The standard InChI is InChI=1S/C22H21B3ClF2N3O4/c23-15-8-13-10(9-31(19(13)34)16-5-6-17(32)29-18(16)33)7-14(15)22(24,25)30-20(35)21(27,28)11-1-3-12(26)4-2-11/h1-4,7-8,16H,5-6,9,23-25H2,(H,30,35)(H,29,32,33). The molecule has 2 aromatic rings. The predicted octanol–water partition coefficient (Wildman–Crippen LogP) is -1.36. The van der Waals surface area contributed by atoms with Gasteiger partial charge in [0, 0.05) is 34.5 Å². The molecular weight excluding hydrogens is 476 g/mol. The zero-order valence-electron chi connectivity index (χ0n) is 19.4. The summed E-state index contributed by atoms with van der Waals surface area (Å²) in [5, 5.41) is 3.77. The van der Waals surface area contributed by atoms with Gasteiger partial charge in [0.25, 0.3) is 11.8 Å². The van der Waals surface area contributed by atoms with Crippen LogP contribution in [0.25, 0.3) is 0 Å². The van der Waals surface area contributed by atoms with Gasteiger partial charge in [-0.1, -0.05) is 41.3 Å². The summed E-state index contributed by atoms with van der Waals surface area (Å²) in [4.78, 5) is 50.8. The molecule has 2 aliphatic heterocycles. The minimum atomic E-state index is -3.79. The fraction of sp³-hybridized carbons (Fsp3) is 0.273. The lowest BCUT2D eigenvalue weighted by atomic mass is 9.55. The first-order valence-corrected chi connectivity index (χ1v) is 11.4. The van der Waals surface area contributed by atoms with Gasteiger partial charge < -0.3 is 10.2 Å². The van der Waals surface area contributed by atoms with Crippen LogP contribution in [0.4, 0.5) is 8.78 Å². The van der Waals surface area contributed by atoms with E-state index in [9.17, 15) is 28.0 Å². The van der Waals surface area contributed by atoms with Crippen molar-refractivity contribution in [1.82, 2.24) is 15.5 Å². The quantitative estimate of drug-likeness (QED) is 0.395. The average molecular weight is 497 g/mol. The summed E-state index contributed by atoms with van der Waals surface area (Å²) >= 11 is 5.77. The second kappa shape index (κ2) is 8.82. The Morgan fingerprint density at radius 2 is 1.80 bits per heavy atom. The van der Waals surface area contributed by atoms with E-state index in [0.717, 1.165) is 12.1 Å².